The molecule has 0 aliphatic rings. The first-order valence-electron chi connectivity index (χ1n) is 1.84. The van der Waals surface area contributed by atoms with Crippen molar-refractivity contribution < 1.29 is 0 Å². The third-order valence-corrected chi connectivity index (χ3v) is 0.394. The summed E-state index contributed by atoms with van der Waals surface area (Å²) in [6.45, 7) is 6.60. The molecule has 0 aliphatic carbocycles. The highest BCUT2D eigenvalue weighted by molar-refractivity contribution is 5.26. The van der Waals surface area contributed by atoms with Gasteiger partial charge in [-0.1, -0.05) is 6.58 Å². The summed E-state index contributed by atoms with van der Waals surface area (Å²) in [4.78, 5) is 3.40. The summed E-state index contributed by atoms with van der Waals surface area (Å²) in [6, 6.07) is 0. The average Bonchev–Trinajstić information content (AvgIpc) is 1.61. The number of hydrogen-bond acceptors (Lipinski definition) is 2. The van der Waals surface area contributed by atoms with Gasteiger partial charge in [-0.05, 0) is 12.8 Å². The second kappa shape index (κ2) is 3.15. The second-order valence-corrected chi connectivity index (χ2v) is 1.07. The predicted molar refractivity (Wildman–Crippen MR) is 32.0 cm³/mol. The summed E-state index contributed by atoms with van der Waals surface area (Å²) in [5, 5.41) is 0. The van der Waals surface area contributed by atoms with Gasteiger partial charge in [0.05, 0.1) is 0 Å². The number of hydrogen-bond donors (Lipinski definition) is 1. The van der Waals surface area contributed by atoms with Crippen LogP contribution in [-0.2, 0) is 0 Å². The van der Waals surface area contributed by atoms with Gasteiger partial charge in [-0.25, -0.2) is 0 Å². The Morgan fingerprint density at radius 3 is 2.43 bits per heavy atom. The lowest BCUT2D eigenvalue weighted by Crippen LogP contribution is -1.87. The molecule has 0 unspecified atom stereocenters. The fourth-order valence-electron chi connectivity index (χ4n) is 0.148. The maximum absolute atomic E-state index is 5.11. The van der Waals surface area contributed by atoms with Crippen LogP contribution in [0.15, 0.2) is 29.5 Å². The predicted octanol–water partition coefficient (Wildman–Crippen LogP) is 0.673. The van der Waals surface area contributed by atoms with Gasteiger partial charge in [-0.15, -0.1) is 0 Å². The third-order valence-electron chi connectivity index (χ3n) is 0.394. The van der Waals surface area contributed by atoms with Gasteiger partial charge < -0.3 is 5.73 Å². The SMILES string of the molecule is C=N/C=C\C(=C)N. The second-order valence-electron chi connectivity index (χ2n) is 1.07. The van der Waals surface area contributed by atoms with Crippen molar-refractivity contribution in [3.63, 3.8) is 0 Å². The lowest BCUT2D eigenvalue weighted by Gasteiger charge is -1.78. The quantitative estimate of drug-likeness (QED) is 0.398. The van der Waals surface area contributed by atoms with Crippen molar-refractivity contribution in [2.24, 2.45) is 10.7 Å². The lowest BCUT2D eigenvalue weighted by atomic mass is 10.5. The molecule has 0 aliphatic heterocycles. The van der Waals surface area contributed by atoms with Crippen LogP contribution in [0.5, 0.6) is 0 Å². The van der Waals surface area contributed by atoms with Gasteiger partial charge in [0, 0.05) is 11.9 Å². The Morgan fingerprint density at radius 1 is 1.71 bits per heavy atom. The first kappa shape index (κ1) is 5.95. The van der Waals surface area contributed by atoms with Gasteiger partial charge >= 0.3 is 0 Å². The molecule has 7 heavy (non-hydrogen) atoms. The van der Waals surface area contributed by atoms with Crippen LogP contribution in [0.1, 0.15) is 0 Å². The molecule has 0 rings (SSSR count). The van der Waals surface area contributed by atoms with Crippen LogP contribution in [0.4, 0.5) is 0 Å². The molecule has 2 N–H and O–H groups in total. The highest BCUT2D eigenvalue weighted by Gasteiger charge is 1.65. The average molecular weight is 96.1 g/mol. The Hall–Kier alpha value is -1.05. The van der Waals surface area contributed by atoms with Crippen molar-refractivity contribution in [3.8, 4) is 0 Å². The highest BCUT2D eigenvalue weighted by Crippen LogP contribution is 1.78. The molecule has 2 heteroatoms. The summed E-state index contributed by atoms with van der Waals surface area (Å²) in [7, 11) is 0. The van der Waals surface area contributed by atoms with E-state index in [4.69, 9.17) is 5.73 Å². The maximum Gasteiger partial charge on any atom is 0.0280 e. The molecule has 0 aromatic heterocycles. The van der Waals surface area contributed by atoms with E-state index < -0.39 is 0 Å². The zero-order valence-corrected chi connectivity index (χ0v) is 4.09. The molecule has 0 atom stereocenters. The van der Waals surface area contributed by atoms with Crippen molar-refractivity contribution in [2.75, 3.05) is 0 Å². The number of nitrogens with two attached hydrogens (primary N) is 1. The molecule has 0 fully saturated rings. The van der Waals surface area contributed by atoms with Gasteiger partial charge in [-0.3, -0.25) is 4.99 Å². The van der Waals surface area contributed by atoms with E-state index >= 15 is 0 Å². The molecule has 0 saturated heterocycles. The van der Waals surface area contributed by atoms with Gasteiger partial charge in [0.15, 0.2) is 0 Å². The molecular weight excluding hydrogens is 88.1 g/mol. The van der Waals surface area contributed by atoms with E-state index in [0.29, 0.717) is 5.70 Å². The first-order chi connectivity index (χ1) is 3.27. The van der Waals surface area contributed by atoms with Crippen LogP contribution in [0.3, 0.4) is 0 Å². The zero-order valence-electron chi connectivity index (χ0n) is 4.09. The molecule has 0 aromatic rings. The number of aliphatic imine (C=N–C) groups is 1. The first-order valence-corrected chi connectivity index (χ1v) is 1.84. The van der Waals surface area contributed by atoms with Crippen molar-refractivity contribution in [1.82, 2.24) is 0 Å². The Labute approximate surface area is 43.1 Å². The molecule has 0 aromatic carbocycles. The van der Waals surface area contributed by atoms with E-state index in [9.17, 15) is 0 Å². The van der Waals surface area contributed by atoms with Crippen molar-refractivity contribution >= 4 is 6.72 Å². The van der Waals surface area contributed by atoms with E-state index in [2.05, 4.69) is 18.3 Å². The van der Waals surface area contributed by atoms with Crippen LogP contribution in [0, 0.1) is 0 Å². The topological polar surface area (TPSA) is 38.4 Å². The summed E-state index contributed by atoms with van der Waals surface area (Å²) < 4.78 is 0. The molecular formula is C5H8N2. The van der Waals surface area contributed by atoms with Crippen LogP contribution in [0.2, 0.25) is 0 Å². The van der Waals surface area contributed by atoms with E-state index in [-0.39, 0.29) is 0 Å². The van der Waals surface area contributed by atoms with E-state index in [1.54, 1.807) is 6.08 Å². The zero-order chi connectivity index (χ0) is 5.70. The minimum absolute atomic E-state index is 0.493. The van der Waals surface area contributed by atoms with E-state index in [1.165, 1.54) is 6.20 Å². The standard InChI is InChI=1S/C5H8N2/c1-5(6)3-4-7-2/h3-4H,1-2,6H2/b4-3-. The lowest BCUT2D eigenvalue weighted by molar-refractivity contribution is 1.43. The molecule has 0 heterocycles. The molecule has 0 spiro atoms. The highest BCUT2D eigenvalue weighted by atomic mass is 14.6. The Morgan fingerprint density at radius 2 is 2.29 bits per heavy atom. The largest absolute Gasteiger partial charge is 0.399 e. The van der Waals surface area contributed by atoms with Gasteiger partial charge in [0.1, 0.15) is 0 Å². The Balaban J connectivity index is 3.46. The van der Waals surface area contributed by atoms with Gasteiger partial charge in [0.25, 0.3) is 0 Å². The fraction of sp³-hybridized carbons (Fsp3) is 0. The third kappa shape index (κ3) is 4.95. The van der Waals surface area contributed by atoms with E-state index in [1.807, 2.05) is 0 Å². The summed E-state index contributed by atoms with van der Waals surface area (Å²) in [6.07, 6.45) is 3.06. The Bertz CT molecular complexity index is 103. The molecule has 38 valence electrons. The smallest absolute Gasteiger partial charge is 0.0280 e. The van der Waals surface area contributed by atoms with Crippen LogP contribution < -0.4 is 5.73 Å². The number of allylic oxidation sites excluding steroid dienone is 1. The minimum Gasteiger partial charge on any atom is -0.399 e. The van der Waals surface area contributed by atoms with Gasteiger partial charge in [-0.2, -0.15) is 0 Å². The molecule has 2 nitrogen and oxygen atoms in total. The van der Waals surface area contributed by atoms with Crippen LogP contribution in [-0.4, -0.2) is 6.72 Å². The molecule has 0 saturated carbocycles. The van der Waals surface area contributed by atoms with Crippen molar-refractivity contribution in [2.45, 2.75) is 0 Å². The maximum atomic E-state index is 5.11. The normalized spacial score (nSPS) is 9.14. The summed E-state index contributed by atoms with van der Waals surface area (Å²) in [5.74, 6) is 0. The monoisotopic (exact) mass is 96.1 g/mol. The minimum atomic E-state index is 0.493. The number of nitrogens with zero attached hydrogens (tertiary/aromatic N) is 1. The molecule has 0 bridgehead atoms. The van der Waals surface area contributed by atoms with Gasteiger partial charge in [0.2, 0.25) is 0 Å². The summed E-state index contributed by atoms with van der Waals surface area (Å²) >= 11 is 0. The number of rotatable bonds is 2. The fourth-order valence-corrected chi connectivity index (χ4v) is 0.148. The van der Waals surface area contributed by atoms with Crippen LogP contribution >= 0.6 is 0 Å². The van der Waals surface area contributed by atoms with Crippen LogP contribution in [0.25, 0.3) is 0 Å². The van der Waals surface area contributed by atoms with Crippen molar-refractivity contribution in [1.29, 1.82) is 0 Å². The van der Waals surface area contributed by atoms with Crippen molar-refractivity contribution in [3.05, 3.63) is 24.6 Å². The summed E-state index contributed by atoms with van der Waals surface area (Å²) in [5.41, 5.74) is 5.60. The molecule has 0 radical (unpaired) electrons. The van der Waals surface area contributed by atoms with E-state index in [0.717, 1.165) is 0 Å². The molecule has 0 amide bonds. The Kier molecular flexibility index (Phi) is 2.68.